The topological polar surface area (TPSA) is 52.7 Å². The van der Waals surface area contributed by atoms with Crippen molar-refractivity contribution in [3.05, 3.63) is 69.7 Å². The van der Waals surface area contributed by atoms with E-state index in [2.05, 4.69) is 27.2 Å². The summed E-state index contributed by atoms with van der Waals surface area (Å²) in [7, 11) is 0. The van der Waals surface area contributed by atoms with Crippen molar-refractivity contribution in [1.82, 2.24) is 15.1 Å². The molecule has 0 spiro atoms. The number of hydrogen-bond acceptors (Lipinski definition) is 3. The van der Waals surface area contributed by atoms with Crippen molar-refractivity contribution in [3.63, 3.8) is 0 Å². The lowest BCUT2D eigenvalue weighted by Gasteiger charge is -2.38. The molecule has 36 heavy (non-hydrogen) atoms. The van der Waals surface area contributed by atoms with Crippen molar-refractivity contribution in [2.75, 3.05) is 26.2 Å². The van der Waals surface area contributed by atoms with Gasteiger partial charge in [0, 0.05) is 32.1 Å². The van der Waals surface area contributed by atoms with E-state index in [4.69, 9.17) is 23.2 Å². The minimum Gasteiger partial charge on any atom is -0.346 e. The summed E-state index contributed by atoms with van der Waals surface area (Å²) in [5.41, 5.74) is 1.01. The van der Waals surface area contributed by atoms with Crippen LogP contribution in [0.5, 0.6) is 0 Å². The monoisotopic (exact) mass is 527 g/mol. The van der Waals surface area contributed by atoms with Gasteiger partial charge in [-0.2, -0.15) is 0 Å². The molecule has 1 atom stereocenters. The zero-order valence-corrected chi connectivity index (χ0v) is 22.5. The average Bonchev–Trinajstić information content (AvgIpc) is 3.55. The summed E-state index contributed by atoms with van der Waals surface area (Å²) in [6, 6.07) is 16.2. The van der Waals surface area contributed by atoms with Crippen LogP contribution >= 0.6 is 23.2 Å². The second kappa shape index (κ2) is 10.4. The SMILES string of the molecule is CC(CCN1CCC(N2CCCC2=O)CC1)(C(=O)NC1(c2ccccc2)CC1)c1ccc(Cl)c(Cl)c1. The van der Waals surface area contributed by atoms with Gasteiger partial charge in [0.25, 0.3) is 0 Å². The maximum atomic E-state index is 14.0. The molecule has 2 heterocycles. The molecule has 1 aliphatic carbocycles. The van der Waals surface area contributed by atoms with Crippen molar-refractivity contribution in [2.24, 2.45) is 0 Å². The molecule has 0 bridgehead atoms. The lowest BCUT2D eigenvalue weighted by atomic mass is 9.77. The Morgan fingerprint density at radius 3 is 2.39 bits per heavy atom. The number of benzene rings is 2. The third-order valence-electron chi connectivity index (χ3n) is 8.52. The Kier molecular flexibility index (Phi) is 7.35. The second-order valence-corrected chi connectivity index (χ2v) is 11.7. The van der Waals surface area contributed by atoms with Gasteiger partial charge in [0.1, 0.15) is 0 Å². The van der Waals surface area contributed by atoms with Gasteiger partial charge < -0.3 is 15.1 Å². The number of halogens is 2. The Morgan fingerprint density at radius 1 is 1.06 bits per heavy atom. The maximum Gasteiger partial charge on any atom is 0.231 e. The van der Waals surface area contributed by atoms with Crippen LogP contribution in [0.15, 0.2) is 48.5 Å². The molecule has 7 heteroatoms. The first-order valence-electron chi connectivity index (χ1n) is 13.2. The molecular weight excluding hydrogens is 493 g/mol. The molecule has 2 aliphatic heterocycles. The Labute approximate surface area is 224 Å². The number of carbonyl (C=O) groups is 2. The van der Waals surface area contributed by atoms with Crippen molar-refractivity contribution < 1.29 is 9.59 Å². The molecule has 0 radical (unpaired) electrons. The summed E-state index contributed by atoms with van der Waals surface area (Å²) in [5.74, 6) is 0.338. The van der Waals surface area contributed by atoms with Crippen molar-refractivity contribution in [1.29, 1.82) is 0 Å². The second-order valence-electron chi connectivity index (χ2n) is 10.9. The highest BCUT2D eigenvalue weighted by molar-refractivity contribution is 6.42. The smallest absolute Gasteiger partial charge is 0.231 e. The number of rotatable bonds is 8. The quantitative estimate of drug-likeness (QED) is 0.490. The standard InChI is InChI=1S/C29H35Cl2N3O2/c1-28(22-9-10-24(30)25(31)20-22,27(36)32-29(13-14-29)21-6-3-2-4-7-21)15-19-33-17-11-23(12-18-33)34-16-5-8-26(34)35/h2-4,6-7,9-10,20,23H,5,8,11-19H2,1H3,(H,32,36). The van der Waals surface area contributed by atoms with Crippen molar-refractivity contribution in [3.8, 4) is 0 Å². The van der Waals surface area contributed by atoms with Crippen LogP contribution in [0, 0.1) is 0 Å². The van der Waals surface area contributed by atoms with E-state index in [1.54, 1.807) is 6.07 Å². The summed E-state index contributed by atoms with van der Waals surface area (Å²) < 4.78 is 0. The highest BCUT2D eigenvalue weighted by Crippen LogP contribution is 2.46. The van der Waals surface area contributed by atoms with E-state index in [9.17, 15) is 9.59 Å². The fraction of sp³-hybridized carbons (Fsp3) is 0.517. The molecule has 2 saturated heterocycles. The van der Waals surface area contributed by atoms with Gasteiger partial charge in [0.15, 0.2) is 0 Å². The van der Waals surface area contributed by atoms with Gasteiger partial charge in [0.2, 0.25) is 11.8 Å². The number of hydrogen-bond donors (Lipinski definition) is 1. The molecule has 3 fully saturated rings. The van der Waals surface area contributed by atoms with E-state index in [0.717, 1.165) is 69.4 Å². The molecule has 2 aromatic carbocycles. The van der Waals surface area contributed by atoms with E-state index < -0.39 is 5.41 Å². The molecule has 5 rings (SSSR count). The Bertz CT molecular complexity index is 1110. The Morgan fingerprint density at radius 2 is 1.78 bits per heavy atom. The Balaban J connectivity index is 1.30. The summed E-state index contributed by atoms with van der Waals surface area (Å²) in [6.45, 7) is 5.63. The molecule has 5 nitrogen and oxygen atoms in total. The van der Waals surface area contributed by atoms with Gasteiger partial charge >= 0.3 is 0 Å². The minimum absolute atomic E-state index is 0.0276. The summed E-state index contributed by atoms with van der Waals surface area (Å²) in [6.07, 6.45) is 6.25. The maximum absolute atomic E-state index is 14.0. The lowest BCUT2D eigenvalue weighted by Crippen LogP contribution is -2.50. The lowest BCUT2D eigenvalue weighted by molar-refractivity contribution is -0.131. The molecule has 192 valence electrons. The van der Waals surface area contributed by atoms with Crippen LogP contribution in [0.3, 0.4) is 0 Å². The van der Waals surface area contributed by atoms with E-state index >= 15 is 0 Å². The van der Waals surface area contributed by atoms with Gasteiger partial charge in [-0.1, -0.05) is 59.6 Å². The third-order valence-corrected chi connectivity index (χ3v) is 9.26. The van der Waals surface area contributed by atoms with Crippen LogP contribution in [0.2, 0.25) is 10.0 Å². The molecule has 2 amide bonds. The van der Waals surface area contributed by atoms with Gasteiger partial charge in [-0.25, -0.2) is 0 Å². The predicted molar refractivity (Wildman–Crippen MR) is 144 cm³/mol. The molecule has 1 saturated carbocycles. The van der Waals surface area contributed by atoms with E-state index in [1.807, 2.05) is 37.3 Å². The van der Waals surface area contributed by atoms with Crippen LogP contribution in [-0.4, -0.2) is 53.8 Å². The predicted octanol–water partition coefficient (Wildman–Crippen LogP) is 5.53. The van der Waals surface area contributed by atoms with Crippen molar-refractivity contribution in [2.45, 2.75) is 68.9 Å². The van der Waals surface area contributed by atoms with Gasteiger partial charge in [-0.05, 0) is 75.3 Å². The molecule has 1 unspecified atom stereocenters. The largest absolute Gasteiger partial charge is 0.346 e. The van der Waals surface area contributed by atoms with Gasteiger partial charge in [0.05, 0.1) is 21.0 Å². The first-order valence-corrected chi connectivity index (χ1v) is 13.9. The van der Waals surface area contributed by atoms with E-state index in [1.165, 1.54) is 0 Å². The summed E-state index contributed by atoms with van der Waals surface area (Å²) in [5, 5.41) is 4.37. The highest BCUT2D eigenvalue weighted by atomic mass is 35.5. The van der Waals surface area contributed by atoms with Crippen LogP contribution in [0.25, 0.3) is 0 Å². The molecular formula is C29H35Cl2N3O2. The normalized spacial score (nSPS) is 21.9. The first kappa shape index (κ1) is 25.6. The van der Waals surface area contributed by atoms with Crippen LogP contribution in [-0.2, 0) is 20.5 Å². The number of nitrogens with zero attached hydrogens (tertiary/aromatic N) is 2. The molecule has 3 aliphatic rings. The summed E-state index contributed by atoms with van der Waals surface area (Å²) in [4.78, 5) is 30.7. The number of piperidine rings is 1. The fourth-order valence-corrected chi connectivity index (χ4v) is 6.14. The number of amides is 2. The molecule has 1 N–H and O–H groups in total. The zero-order valence-electron chi connectivity index (χ0n) is 20.9. The van der Waals surface area contributed by atoms with Crippen molar-refractivity contribution >= 4 is 35.0 Å². The molecule has 2 aromatic rings. The van der Waals surface area contributed by atoms with Crippen LogP contribution in [0.4, 0.5) is 0 Å². The fourth-order valence-electron chi connectivity index (χ4n) is 5.84. The number of nitrogens with one attached hydrogen (secondary N) is 1. The number of carbonyl (C=O) groups excluding carboxylic acids is 2. The zero-order chi connectivity index (χ0) is 25.3. The summed E-state index contributed by atoms with van der Waals surface area (Å²) >= 11 is 12.6. The van der Waals surface area contributed by atoms with Crippen LogP contribution < -0.4 is 5.32 Å². The highest BCUT2D eigenvalue weighted by Gasteiger charge is 2.49. The Hall–Kier alpha value is -2.08. The van der Waals surface area contributed by atoms with Gasteiger partial charge in [-0.15, -0.1) is 0 Å². The van der Waals surface area contributed by atoms with E-state index in [0.29, 0.717) is 34.8 Å². The third kappa shape index (κ3) is 5.16. The minimum atomic E-state index is -0.750. The molecule has 0 aromatic heterocycles. The van der Waals surface area contributed by atoms with Gasteiger partial charge in [-0.3, -0.25) is 9.59 Å². The first-order chi connectivity index (χ1) is 17.3. The van der Waals surface area contributed by atoms with E-state index in [-0.39, 0.29) is 11.4 Å². The van der Waals surface area contributed by atoms with Crippen LogP contribution in [0.1, 0.15) is 63.0 Å². The average molecular weight is 529 g/mol. The number of likely N-dealkylation sites (tertiary alicyclic amines) is 2.